The van der Waals surface area contributed by atoms with Crippen LogP contribution in [0.3, 0.4) is 0 Å². The van der Waals surface area contributed by atoms with Crippen molar-refractivity contribution in [2.75, 3.05) is 6.54 Å². The van der Waals surface area contributed by atoms with Crippen LogP contribution in [0.15, 0.2) is 36.5 Å². The molecule has 1 unspecified atom stereocenters. The summed E-state index contributed by atoms with van der Waals surface area (Å²) in [7, 11) is 0. The number of aromatic nitrogens is 1. The Morgan fingerprint density at radius 1 is 1.30 bits per heavy atom. The molecule has 0 fully saturated rings. The molecule has 1 atom stereocenters. The molecule has 2 rings (SSSR count). The van der Waals surface area contributed by atoms with Crippen molar-refractivity contribution in [1.29, 1.82) is 0 Å². The van der Waals surface area contributed by atoms with Crippen LogP contribution in [0.4, 0.5) is 0 Å². The highest BCUT2D eigenvalue weighted by Crippen LogP contribution is 2.26. The Balaban J connectivity index is 2.26. The molecule has 0 radical (unpaired) electrons. The molecule has 4 heteroatoms. The van der Waals surface area contributed by atoms with Crippen LogP contribution in [0.2, 0.25) is 5.02 Å². The third kappa shape index (κ3) is 4.17. The molecule has 1 N–H and O–H groups in total. The van der Waals surface area contributed by atoms with E-state index in [4.69, 9.17) is 11.6 Å². The molecule has 106 valence electrons. The number of benzene rings is 1. The fourth-order valence-corrected chi connectivity index (χ4v) is 3.04. The lowest BCUT2D eigenvalue weighted by atomic mass is 10.0. The van der Waals surface area contributed by atoms with Gasteiger partial charge < -0.3 is 5.32 Å². The molecule has 0 aliphatic carbocycles. The van der Waals surface area contributed by atoms with Gasteiger partial charge in [-0.15, -0.1) is 0 Å². The predicted octanol–water partition coefficient (Wildman–Crippen LogP) is 4.54. The number of hydrogen-bond donors (Lipinski definition) is 1. The van der Waals surface area contributed by atoms with Crippen LogP contribution >= 0.6 is 34.2 Å². The van der Waals surface area contributed by atoms with Crippen molar-refractivity contribution in [2.45, 2.75) is 26.3 Å². The molecule has 1 aromatic carbocycles. The van der Waals surface area contributed by atoms with Gasteiger partial charge in [-0.2, -0.15) is 0 Å². The summed E-state index contributed by atoms with van der Waals surface area (Å²) in [5.41, 5.74) is 3.52. The second-order valence-corrected chi connectivity index (χ2v) is 6.41. The Morgan fingerprint density at radius 3 is 2.75 bits per heavy atom. The minimum atomic E-state index is 0.237. The number of nitrogens with zero attached hydrogens (tertiary/aromatic N) is 1. The van der Waals surface area contributed by atoms with E-state index in [0.29, 0.717) is 0 Å². The number of halogens is 2. The summed E-state index contributed by atoms with van der Waals surface area (Å²) in [5.74, 6) is 0. The molecule has 2 nitrogen and oxygen atoms in total. The number of likely N-dealkylation sites (N-methyl/N-ethyl adjacent to an activating group) is 1. The fraction of sp³-hybridized carbons (Fsp3) is 0.312. The van der Waals surface area contributed by atoms with Gasteiger partial charge in [0.15, 0.2) is 0 Å². The van der Waals surface area contributed by atoms with E-state index in [1.54, 1.807) is 0 Å². The summed E-state index contributed by atoms with van der Waals surface area (Å²) in [6.45, 7) is 5.09. The van der Waals surface area contributed by atoms with Crippen LogP contribution < -0.4 is 5.32 Å². The molecular formula is C16H18ClIN2. The lowest BCUT2D eigenvalue weighted by Gasteiger charge is -2.20. The minimum absolute atomic E-state index is 0.237. The Morgan fingerprint density at radius 2 is 2.10 bits per heavy atom. The molecular weight excluding hydrogens is 383 g/mol. The number of pyridine rings is 1. The van der Waals surface area contributed by atoms with Crippen molar-refractivity contribution in [2.24, 2.45) is 0 Å². The SMILES string of the molecule is CCNC(Cc1ccc(C)cn1)c1cc(Cl)ccc1I. The minimum Gasteiger partial charge on any atom is -0.310 e. The fourth-order valence-electron chi connectivity index (χ4n) is 2.15. The van der Waals surface area contributed by atoms with Gasteiger partial charge >= 0.3 is 0 Å². The quantitative estimate of drug-likeness (QED) is 0.745. The average molecular weight is 401 g/mol. The number of aryl methyl sites for hydroxylation is 1. The van der Waals surface area contributed by atoms with Gasteiger partial charge in [-0.1, -0.05) is 24.6 Å². The van der Waals surface area contributed by atoms with Gasteiger partial charge in [0.05, 0.1) is 0 Å². The predicted molar refractivity (Wildman–Crippen MR) is 93.3 cm³/mol. The summed E-state index contributed by atoms with van der Waals surface area (Å²) < 4.78 is 1.23. The van der Waals surface area contributed by atoms with Gasteiger partial charge in [-0.05, 0) is 71.5 Å². The lowest BCUT2D eigenvalue weighted by Crippen LogP contribution is -2.24. The second kappa shape index (κ2) is 7.38. The van der Waals surface area contributed by atoms with Crippen LogP contribution in [0.1, 0.15) is 29.8 Å². The molecule has 0 bridgehead atoms. The van der Waals surface area contributed by atoms with Crippen LogP contribution in [0.25, 0.3) is 0 Å². The van der Waals surface area contributed by atoms with Gasteiger partial charge in [-0.3, -0.25) is 4.98 Å². The number of nitrogens with one attached hydrogen (secondary N) is 1. The first-order valence-corrected chi connectivity index (χ1v) is 8.15. The Hall–Kier alpha value is -0.650. The summed E-state index contributed by atoms with van der Waals surface area (Å²) in [6.07, 6.45) is 2.78. The maximum Gasteiger partial charge on any atom is 0.0422 e. The standard InChI is InChI=1S/C16H18ClIN2/c1-3-19-16(9-13-6-4-11(2)10-20-13)14-8-12(17)5-7-15(14)18/h4-8,10,16,19H,3,9H2,1-2H3. The first-order chi connectivity index (χ1) is 9.60. The van der Waals surface area contributed by atoms with Crippen molar-refractivity contribution in [1.82, 2.24) is 10.3 Å². The summed E-state index contributed by atoms with van der Waals surface area (Å²) in [6, 6.07) is 10.5. The van der Waals surface area contributed by atoms with Crippen molar-refractivity contribution in [3.63, 3.8) is 0 Å². The zero-order valence-corrected chi connectivity index (χ0v) is 14.6. The Bertz CT molecular complexity index is 569. The first kappa shape index (κ1) is 15.7. The van der Waals surface area contributed by atoms with Gasteiger partial charge in [-0.25, -0.2) is 0 Å². The van der Waals surface area contributed by atoms with Crippen molar-refractivity contribution in [3.05, 3.63) is 61.9 Å². The highest BCUT2D eigenvalue weighted by atomic mass is 127. The third-order valence-corrected chi connectivity index (χ3v) is 4.39. The van der Waals surface area contributed by atoms with Crippen LogP contribution in [-0.4, -0.2) is 11.5 Å². The summed E-state index contributed by atoms with van der Waals surface area (Å²) in [5, 5.41) is 4.30. The van der Waals surface area contributed by atoms with E-state index in [1.807, 2.05) is 18.3 Å². The van der Waals surface area contributed by atoms with Crippen LogP contribution in [-0.2, 0) is 6.42 Å². The van der Waals surface area contributed by atoms with E-state index < -0.39 is 0 Å². The van der Waals surface area contributed by atoms with Gasteiger partial charge in [0.25, 0.3) is 0 Å². The van der Waals surface area contributed by atoms with Gasteiger partial charge in [0, 0.05) is 32.9 Å². The smallest absolute Gasteiger partial charge is 0.0422 e. The first-order valence-electron chi connectivity index (χ1n) is 6.70. The highest BCUT2D eigenvalue weighted by Gasteiger charge is 2.15. The van der Waals surface area contributed by atoms with Crippen molar-refractivity contribution >= 4 is 34.2 Å². The zero-order chi connectivity index (χ0) is 14.5. The van der Waals surface area contributed by atoms with Crippen LogP contribution in [0.5, 0.6) is 0 Å². The van der Waals surface area contributed by atoms with E-state index in [9.17, 15) is 0 Å². The number of rotatable bonds is 5. The third-order valence-electron chi connectivity index (χ3n) is 3.17. The Labute approximate surface area is 139 Å². The summed E-state index contributed by atoms with van der Waals surface area (Å²) >= 11 is 8.50. The van der Waals surface area contributed by atoms with Crippen LogP contribution in [0, 0.1) is 10.5 Å². The maximum atomic E-state index is 6.14. The van der Waals surface area contributed by atoms with Gasteiger partial charge in [0.1, 0.15) is 0 Å². The molecule has 0 amide bonds. The van der Waals surface area contributed by atoms with E-state index in [1.165, 1.54) is 14.7 Å². The molecule has 0 saturated carbocycles. The second-order valence-electron chi connectivity index (χ2n) is 4.81. The van der Waals surface area contributed by atoms with E-state index in [2.05, 4.69) is 64.9 Å². The lowest BCUT2D eigenvalue weighted by molar-refractivity contribution is 0.542. The maximum absolute atomic E-state index is 6.14. The summed E-state index contributed by atoms with van der Waals surface area (Å²) in [4.78, 5) is 4.50. The van der Waals surface area contributed by atoms with Gasteiger partial charge in [0.2, 0.25) is 0 Å². The average Bonchev–Trinajstić information content (AvgIpc) is 2.43. The highest BCUT2D eigenvalue weighted by molar-refractivity contribution is 14.1. The molecule has 0 saturated heterocycles. The van der Waals surface area contributed by atoms with E-state index in [0.717, 1.165) is 23.7 Å². The molecule has 0 spiro atoms. The van der Waals surface area contributed by atoms with E-state index >= 15 is 0 Å². The van der Waals surface area contributed by atoms with Crippen molar-refractivity contribution in [3.8, 4) is 0 Å². The van der Waals surface area contributed by atoms with E-state index in [-0.39, 0.29) is 6.04 Å². The largest absolute Gasteiger partial charge is 0.310 e. The molecule has 2 aromatic rings. The Kier molecular flexibility index (Phi) is 5.81. The molecule has 0 aliphatic heterocycles. The zero-order valence-electron chi connectivity index (χ0n) is 11.7. The topological polar surface area (TPSA) is 24.9 Å². The molecule has 1 heterocycles. The molecule has 20 heavy (non-hydrogen) atoms. The monoisotopic (exact) mass is 400 g/mol. The normalized spacial score (nSPS) is 12.4. The number of hydrogen-bond acceptors (Lipinski definition) is 2. The molecule has 1 aromatic heterocycles. The molecule has 0 aliphatic rings. The van der Waals surface area contributed by atoms with Crippen molar-refractivity contribution < 1.29 is 0 Å².